The summed E-state index contributed by atoms with van der Waals surface area (Å²) in [6, 6.07) is 10.6. The average Bonchev–Trinajstić information content (AvgIpc) is 2.38. The Morgan fingerprint density at radius 2 is 1.83 bits per heavy atom. The van der Waals surface area contributed by atoms with Gasteiger partial charge in [-0.2, -0.15) is 0 Å². The van der Waals surface area contributed by atoms with E-state index < -0.39 is 5.97 Å². The van der Waals surface area contributed by atoms with Crippen LogP contribution in [-0.4, -0.2) is 35.6 Å². The number of halogens is 1. The summed E-state index contributed by atoms with van der Waals surface area (Å²) in [4.78, 5) is 12.8. The molecule has 1 aliphatic rings. The fourth-order valence-corrected chi connectivity index (χ4v) is 2.47. The zero-order valence-electron chi connectivity index (χ0n) is 10.4. The van der Waals surface area contributed by atoms with Gasteiger partial charge in [0, 0.05) is 6.54 Å². The van der Waals surface area contributed by atoms with Crippen molar-refractivity contribution in [1.29, 1.82) is 0 Å². The van der Waals surface area contributed by atoms with Crippen molar-refractivity contribution in [3.05, 3.63) is 35.9 Å². The van der Waals surface area contributed by atoms with E-state index in [9.17, 15) is 4.79 Å². The van der Waals surface area contributed by atoms with E-state index >= 15 is 0 Å². The van der Waals surface area contributed by atoms with Gasteiger partial charge in [-0.25, -0.2) is 0 Å². The summed E-state index contributed by atoms with van der Waals surface area (Å²) in [5.74, 6) is -0.0486. The van der Waals surface area contributed by atoms with Crippen LogP contribution >= 0.6 is 12.4 Å². The highest BCUT2D eigenvalue weighted by Gasteiger charge is 2.20. The lowest BCUT2D eigenvalue weighted by atomic mass is 9.89. The Morgan fingerprint density at radius 1 is 1.22 bits per heavy atom. The molecule has 0 atom stereocenters. The van der Waals surface area contributed by atoms with E-state index in [0.717, 1.165) is 25.9 Å². The Bertz CT molecular complexity index is 361. The van der Waals surface area contributed by atoms with Gasteiger partial charge >= 0.3 is 5.97 Å². The van der Waals surface area contributed by atoms with Crippen LogP contribution in [0.25, 0.3) is 0 Å². The van der Waals surface area contributed by atoms with Crippen molar-refractivity contribution < 1.29 is 9.90 Å². The predicted octanol–water partition coefficient (Wildman–Crippen LogP) is 2.76. The van der Waals surface area contributed by atoms with Crippen molar-refractivity contribution in [2.75, 3.05) is 19.6 Å². The van der Waals surface area contributed by atoms with E-state index in [2.05, 4.69) is 29.2 Å². The lowest BCUT2D eigenvalue weighted by molar-refractivity contribution is -0.137. The minimum atomic E-state index is -0.699. The molecule has 0 spiro atoms. The third-order valence-electron chi connectivity index (χ3n) is 3.50. The molecule has 0 aromatic heterocycles. The number of hydrogen-bond donors (Lipinski definition) is 1. The van der Waals surface area contributed by atoms with E-state index in [0.29, 0.717) is 12.5 Å². The average molecular weight is 270 g/mol. The lowest BCUT2D eigenvalue weighted by Crippen LogP contribution is -2.34. The molecule has 1 N–H and O–H groups in total. The Morgan fingerprint density at radius 3 is 2.39 bits per heavy atom. The molecular weight excluding hydrogens is 250 g/mol. The van der Waals surface area contributed by atoms with Crippen LogP contribution in [0, 0.1) is 0 Å². The van der Waals surface area contributed by atoms with Gasteiger partial charge in [0.2, 0.25) is 0 Å². The molecule has 1 aromatic rings. The first-order valence-corrected chi connectivity index (χ1v) is 6.25. The summed E-state index contributed by atoms with van der Waals surface area (Å²) in [5, 5.41) is 8.65. The molecule has 1 heterocycles. The van der Waals surface area contributed by atoms with Gasteiger partial charge in [-0.1, -0.05) is 30.3 Å². The molecule has 1 fully saturated rings. The Balaban J connectivity index is 0.00000162. The molecule has 0 bridgehead atoms. The van der Waals surface area contributed by atoms with Gasteiger partial charge in [-0.15, -0.1) is 12.4 Å². The van der Waals surface area contributed by atoms with Gasteiger partial charge in [0.25, 0.3) is 0 Å². The molecule has 0 saturated carbocycles. The Labute approximate surface area is 114 Å². The second-order valence-electron chi connectivity index (χ2n) is 4.67. The monoisotopic (exact) mass is 269 g/mol. The molecule has 0 aliphatic carbocycles. The van der Waals surface area contributed by atoms with Crippen LogP contribution in [0.1, 0.15) is 30.7 Å². The molecule has 1 aromatic carbocycles. The number of piperidine rings is 1. The quantitative estimate of drug-likeness (QED) is 0.914. The van der Waals surface area contributed by atoms with Gasteiger partial charge in [0.15, 0.2) is 0 Å². The minimum absolute atomic E-state index is 0. The molecule has 1 aliphatic heterocycles. The first kappa shape index (κ1) is 15.0. The van der Waals surface area contributed by atoms with Crippen molar-refractivity contribution in [3.8, 4) is 0 Å². The summed E-state index contributed by atoms with van der Waals surface area (Å²) in [7, 11) is 0. The molecule has 4 heteroatoms. The Kier molecular flexibility index (Phi) is 6.16. The molecule has 0 amide bonds. The standard InChI is InChI=1S/C14H19NO2.ClH/c16-14(17)8-11-15-9-6-13(7-10-15)12-4-2-1-3-5-12;/h1-5,13H,6-11H2,(H,16,17);1H. The number of rotatable bonds is 4. The van der Waals surface area contributed by atoms with Crippen LogP contribution in [0.5, 0.6) is 0 Å². The van der Waals surface area contributed by atoms with Gasteiger partial charge in [-0.3, -0.25) is 4.79 Å². The van der Waals surface area contributed by atoms with E-state index in [4.69, 9.17) is 5.11 Å². The fourth-order valence-electron chi connectivity index (χ4n) is 2.47. The minimum Gasteiger partial charge on any atom is -0.481 e. The van der Waals surface area contributed by atoms with Crippen LogP contribution in [0.3, 0.4) is 0 Å². The number of aliphatic carboxylic acids is 1. The van der Waals surface area contributed by atoms with Crippen LogP contribution in [0.15, 0.2) is 30.3 Å². The number of carbonyl (C=O) groups is 1. The van der Waals surface area contributed by atoms with Gasteiger partial charge in [0.1, 0.15) is 0 Å². The summed E-state index contributed by atoms with van der Waals surface area (Å²) < 4.78 is 0. The van der Waals surface area contributed by atoms with Crippen molar-refractivity contribution in [2.24, 2.45) is 0 Å². The van der Waals surface area contributed by atoms with Crippen molar-refractivity contribution in [1.82, 2.24) is 4.90 Å². The topological polar surface area (TPSA) is 40.5 Å². The SMILES string of the molecule is Cl.O=C(O)CCN1CCC(c2ccccc2)CC1. The molecule has 2 rings (SSSR count). The number of carboxylic acids is 1. The second kappa shape index (κ2) is 7.39. The molecule has 3 nitrogen and oxygen atoms in total. The third kappa shape index (κ3) is 4.31. The lowest BCUT2D eigenvalue weighted by Gasteiger charge is -2.31. The number of nitrogens with zero attached hydrogens (tertiary/aromatic N) is 1. The molecule has 0 unspecified atom stereocenters. The van der Waals surface area contributed by atoms with Crippen LogP contribution in [-0.2, 0) is 4.79 Å². The van der Waals surface area contributed by atoms with Gasteiger partial charge < -0.3 is 10.0 Å². The van der Waals surface area contributed by atoms with E-state index in [-0.39, 0.29) is 18.8 Å². The van der Waals surface area contributed by atoms with Crippen molar-refractivity contribution >= 4 is 18.4 Å². The summed E-state index contributed by atoms with van der Waals surface area (Å²) >= 11 is 0. The molecular formula is C14H20ClNO2. The molecule has 100 valence electrons. The largest absolute Gasteiger partial charge is 0.481 e. The molecule has 18 heavy (non-hydrogen) atoms. The summed E-state index contributed by atoms with van der Waals surface area (Å²) in [6.45, 7) is 2.73. The number of likely N-dealkylation sites (tertiary alicyclic amines) is 1. The van der Waals surface area contributed by atoms with Crippen molar-refractivity contribution in [3.63, 3.8) is 0 Å². The van der Waals surface area contributed by atoms with Gasteiger partial charge in [0.05, 0.1) is 6.42 Å². The maximum absolute atomic E-state index is 10.5. The van der Waals surface area contributed by atoms with Crippen LogP contribution in [0.2, 0.25) is 0 Å². The first-order valence-electron chi connectivity index (χ1n) is 6.25. The number of carboxylic acid groups (broad SMARTS) is 1. The maximum Gasteiger partial charge on any atom is 0.304 e. The fraction of sp³-hybridized carbons (Fsp3) is 0.500. The summed E-state index contributed by atoms with van der Waals surface area (Å²) in [5.41, 5.74) is 1.42. The smallest absolute Gasteiger partial charge is 0.304 e. The molecule has 0 radical (unpaired) electrons. The highest BCUT2D eigenvalue weighted by Crippen LogP contribution is 2.27. The zero-order chi connectivity index (χ0) is 12.1. The number of benzene rings is 1. The van der Waals surface area contributed by atoms with E-state index in [1.807, 2.05) is 6.07 Å². The highest BCUT2D eigenvalue weighted by molar-refractivity contribution is 5.85. The van der Waals surface area contributed by atoms with E-state index in [1.54, 1.807) is 0 Å². The third-order valence-corrected chi connectivity index (χ3v) is 3.50. The van der Waals surface area contributed by atoms with Crippen molar-refractivity contribution in [2.45, 2.75) is 25.2 Å². The second-order valence-corrected chi connectivity index (χ2v) is 4.67. The molecule has 1 saturated heterocycles. The summed E-state index contributed by atoms with van der Waals surface area (Å²) in [6.07, 6.45) is 2.54. The predicted molar refractivity (Wildman–Crippen MR) is 74.4 cm³/mol. The maximum atomic E-state index is 10.5. The van der Waals surface area contributed by atoms with E-state index in [1.165, 1.54) is 5.56 Å². The van der Waals surface area contributed by atoms with Crippen LogP contribution in [0.4, 0.5) is 0 Å². The van der Waals surface area contributed by atoms with Gasteiger partial charge in [-0.05, 0) is 37.4 Å². The van der Waals surface area contributed by atoms with Crippen LogP contribution < -0.4 is 0 Å². The zero-order valence-corrected chi connectivity index (χ0v) is 11.2. The highest BCUT2D eigenvalue weighted by atomic mass is 35.5. The normalized spacial score (nSPS) is 17.1. The first-order chi connectivity index (χ1) is 8.25. The number of hydrogen-bond acceptors (Lipinski definition) is 2. The Hall–Kier alpha value is -1.06.